The number of benzene rings is 1. The summed E-state index contributed by atoms with van der Waals surface area (Å²) < 4.78 is 5.17. The molecular weight excluding hydrogens is 204 g/mol. The molecule has 0 aliphatic carbocycles. The summed E-state index contributed by atoms with van der Waals surface area (Å²) in [7, 11) is 0. The van der Waals surface area contributed by atoms with Crippen molar-refractivity contribution in [3.63, 3.8) is 0 Å². The summed E-state index contributed by atoms with van der Waals surface area (Å²) in [5.74, 6) is -0.910. The highest BCUT2D eigenvalue weighted by Gasteiger charge is 2.26. The topological polar surface area (TPSA) is 46.5 Å². The van der Waals surface area contributed by atoms with Gasteiger partial charge in [-0.2, -0.15) is 0 Å². The van der Waals surface area contributed by atoms with E-state index in [0.717, 1.165) is 17.5 Å². The molecule has 4 heteroatoms. The summed E-state index contributed by atoms with van der Waals surface area (Å²) >= 11 is 0. The molecule has 0 saturated heterocycles. The summed E-state index contributed by atoms with van der Waals surface area (Å²) in [6.45, 7) is 0.494. The van der Waals surface area contributed by atoms with E-state index in [2.05, 4.69) is 0 Å². The van der Waals surface area contributed by atoms with Gasteiger partial charge in [0.05, 0.1) is 6.61 Å². The monoisotopic (exact) mass is 214 g/mol. The van der Waals surface area contributed by atoms with Gasteiger partial charge in [0.2, 0.25) is 0 Å². The average Bonchev–Trinajstić information content (AvgIpc) is 2.17. The van der Waals surface area contributed by atoms with Gasteiger partial charge in [0, 0.05) is 0 Å². The van der Waals surface area contributed by atoms with Gasteiger partial charge in [-0.1, -0.05) is 24.3 Å². The van der Waals surface area contributed by atoms with Crippen LogP contribution < -0.4 is 0 Å². The summed E-state index contributed by atoms with van der Waals surface area (Å²) in [6.07, 6.45) is 0.0323. The zero-order chi connectivity index (χ0) is 9.26. The molecule has 1 heterocycles. The van der Waals surface area contributed by atoms with Gasteiger partial charge in [0.25, 0.3) is 0 Å². The van der Waals surface area contributed by atoms with Gasteiger partial charge < -0.3 is 9.84 Å². The van der Waals surface area contributed by atoms with Crippen LogP contribution in [0.1, 0.15) is 17.2 Å². The zero-order valence-corrected chi connectivity index (χ0v) is 8.29. The largest absolute Gasteiger partial charge is 0.479 e. The first-order valence-electron chi connectivity index (χ1n) is 4.21. The average molecular weight is 215 g/mol. The molecule has 1 aliphatic heterocycles. The van der Waals surface area contributed by atoms with Crippen molar-refractivity contribution in [1.82, 2.24) is 0 Å². The lowest BCUT2D eigenvalue weighted by Gasteiger charge is -2.22. The minimum absolute atomic E-state index is 0. The normalized spacial score (nSPS) is 19.3. The maximum atomic E-state index is 10.8. The van der Waals surface area contributed by atoms with E-state index in [1.165, 1.54) is 0 Å². The van der Waals surface area contributed by atoms with E-state index in [1.54, 1.807) is 0 Å². The van der Waals surface area contributed by atoms with Crippen LogP contribution >= 0.6 is 12.4 Å². The molecule has 1 N–H and O–H groups in total. The first-order chi connectivity index (χ1) is 6.29. The number of carboxylic acid groups (broad SMARTS) is 1. The van der Waals surface area contributed by atoms with Crippen molar-refractivity contribution in [3.05, 3.63) is 35.4 Å². The molecule has 1 aliphatic rings. The lowest BCUT2D eigenvalue weighted by molar-refractivity contribution is -0.151. The summed E-state index contributed by atoms with van der Waals surface area (Å²) in [5.41, 5.74) is 1.88. The second-order valence-electron chi connectivity index (χ2n) is 3.04. The van der Waals surface area contributed by atoms with Gasteiger partial charge >= 0.3 is 5.97 Å². The van der Waals surface area contributed by atoms with Gasteiger partial charge in [-0.25, -0.2) is 4.79 Å². The second kappa shape index (κ2) is 4.44. The smallest absolute Gasteiger partial charge is 0.337 e. The summed E-state index contributed by atoms with van der Waals surface area (Å²) in [6, 6.07) is 7.52. The van der Waals surface area contributed by atoms with Gasteiger partial charge in [-0.3, -0.25) is 0 Å². The Hall–Kier alpha value is -1.06. The quantitative estimate of drug-likeness (QED) is 0.776. The fourth-order valence-electron chi connectivity index (χ4n) is 1.60. The highest BCUT2D eigenvalue weighted by molar-refractivity contribution is 5.85. The third kappa shape index (κ3) is 1.89. The van der Waals surface area contributed by atoms with E-state index in [9.17, 15) is 4.79 Å². The van der Waals surface area contributed by atoms with E-state index < -0.39 is 12.1 Å². The number of rotatable bonds is 1. The fraction of sp³-hybridized carbons (Fsp3) is 0.300. The molecule has 0 fully saturated rings. The third-order valence-electron chi connectivity index (χ3n) is 2.22. The molecule has 76 valence electrons. The highest BCUT2D eigenvalue weighted by atomic mass is 35.5. The van der Waals surface area contributed by atoms with Crippen molar-refractivity contribution in [2.24, 2.45) is 0 Å². The van der Waals surface area contributed by atoms with Crippen molar-refractivity contribution in [3.8, 4) is 0 Å². The lowest BCUT2D eigenvalue weighted by atomic mass is 9.98. The Balaban J connectivity index is 0.000000980. The van der Waals surface area contributed by atoms with Gasteiger partial charge in [0.15, 0.2) is 6.10 Å². The summed E-state index contributed by atoms with van der Waals surface area (Å²) in [5, 5.41) is 8.86. The first-order valence-corrected chi connectivity index (χ1v) is 4.21. The van der Waals surface area contributed by atoms with Crippen LogP contribution in [0.5, 0.6) is 0 Å². The van der Waals surface area contributed by atoms with Crippen molar-refractivity contribution in [2.45, 2.75) is 12.5 Å². The molecule has 1 unspecified atom stereocenters. The Kier molecular flexibility index (Phi) is 3.49. The predicted molar refractivity (Wildman–Crippen MR) is 53.7 cm³/mol. The molecule has 1 atom stereocenters. The van der Waals surface area contributed by atoms with E-state index in [1.807, 2.05) is 24.3 Å². The number of ether oxygens (including phenoxy) is 1. The minimum atomic E-state index is -0.910. The van der Waals surface area contributed by atoms with Crippen LogP contribution in [0.2, 0.25) is 0 Å². The number of fused-ring (bicyclic) bond motifs is 1. The van der Waals surface area contributed by atoms with Crippen molar-refractivity contribution in [1.29, 1.82) is 0 Å². The predicted octanol–water partition coefficient (Wildman–Crippen LogP) is 1.81. The van der Waals surface area contributed by atoms with E-state index in [-0.39, 0.29) is 12.4 Å². The third-order valence-corrected chi connectivity index (χ3v) is 2.22. The Morgan fingerprint density at radius 1 is 1.43 bits per heavy atom. The standard InChI is InChI=1S/C10H10O3.ClH/c11-10(12)9-8-4-2-1-3-7(8)5-6-13-9;/h1-4,9H,5-6H2,(H,11,12);1H. The van der Waals surface area contributed by atoms with Crippen molar-refractivity contribution in [2.75, 3.05) is 6.61 Å². The Labute approximate surface area is 88.1 Å². The number of carbonyl (C=O) groups is 1. The Morgan fingerprint density at radius 3 is 2.86 bits per heavy atom. The maximum Gasteiger partial charge on any atom is 0.337 e. The summed E-state index contributed by atoms with van der Waals surface area (Å²) in [4.78, 5) is 10.8. The Bertz CT molecular complexity index is 338. The van der Waals surface area contributed by atoms with Crippen LogP contribution in [0.4, 0.5) is 0 Å². The number of carboxylic acids is 1. The second-order valence-corrected chi connectivity index (χ2v) is 3.04. The minimum Gasteiger partial charge on any atom is -0.479 e. The van der Waals surface area contributed by atoms with Crippen molar-refractivity contribution < 1.29 is 14.6 Å². The van der Waals surface area contributed by atoms with Gasteiger partial charge in [-0.05, 0) is 17.5 Å². The molecule has 3 nitrogen and oxygen atoms in total. The van der Waals surface area contributed by atoms with Gasteiger partial charge in [-0.15, -0.1) is 12.4 Å². The number of hydrogen-bond donors (Lipinski definition) is 1. The molecule has 0 aromatic heterocycles. The van der Waals surface area contributed by atoms with Crippen LogP contribution in [-0.2, 0) is 16.0 Å². The first kappa shape index (κ1) is 11.0. The molecule has 1 aromatic rings. The molecule has 1 aromatic carbocycles. The van der Waals surface area contributed by atoms with Crippen LogP contribution in [0.3, 0.4) is 0 Å². The van der Waals surface area contributed by atoms with E-state index >= 15 is 0 Å². The van der Waals surface area contributed by atoms with Crippen LogP contribution in [-0.4, -0.2) is 17.7 Å². The van der Waals surface area contributed by atoms with Crippen LogP contribution in [0.15, 0.2) is 24.3 Å². The molecule has 0 radical (unpaired) electrons. The molecular formula is C10H11ClO3. The maximum absolute atomic E-state index is 10.8. The van der Waals surface area contributed by atoms with Crippen LogP contribution in [0.25, 0.3) is 0 Å². The zero-order valence-electron chi connectivity index (χ0n) is 7.47. The van der Waals surface area contributed by atoms with E-state index in [4.69, 9.17) is 9.84 Å². The SMILES string of the molecule is Cl.O=C(O)C1OCCc2ccccc21. The fourth-order valence-corrected chi connectivity index (χ4v) is 1.60. The number of halogens is 1. The Morgan fingerprint density at radius 2 is 2.14 bits per heavy atom. The molecule has 2 rings (SSSR count). The number of aliphatic carboxylic acids is 1. The van der Waals surface area contributed by atoms with E-state index in [0.29, 0.717) is 6.61 Å². The molecule has 0 amide bonds. The molecule has 0 bridgehead atoms. The van der Waals surface area contributed by atoms with Crippen LogP contribution in [0, 0.1) is 0 Å². The molecule has 0 spiro atoms. The van der Waals surface area contributed by atoms with Gasteiger partial charge in [0.1, 0.15) is 0 Å². The number of hydrogen-bond acceptors (Lipinski definition) is 2. The highest BCUT2D eigenvalue weighted by Crippen LogP contribution is 2.26. The molecule has 14 heavy (non-hydrogen) atoms. The van der Waals surface area contributed by atoms with Crippen molar-refractivity contribution >= 4 is 18.4 Å². The molecule has 0 saturated carbocycles. The lowest BCUT2D eigenvalue weighted by Crippen LogP contribution is -2.22.